The van der Waals surface area contributed by atoms with Crippen LogP contribution in [0, 0.1) is 5.82 Å². The minimum Gasteiger partial charge on any atom is -0.465 e. The Morgan fingerprint density at radius 1 is 1.29 bits per heavy atom. The molecule has 0 spiro atoms. The first-order valence-corrected chi connectivity index (χ1v) is 7.85. The third-order valence-electron chi connectivity index (χ3n) is 4.14. The molecular formula is C18H15ClFNO3. The van der Waals surface area contributed by atoms with Gasteiger partial charge >= 0.3 is 5.97 Å². The number of nitrogens with one attached hydrogen (secondary N) is 1. The van der Waals surface area contributed by atoms with Crippen LogP contribution in [-0.2, 0) is 11.2 Å². The highest BCUT2D eigenvalue weighted by atomic mass is 35.5. The van der Waals surface area contributed by atoms with Crippen LogP contribution in [0.3, 0.4) is 0 Å². The summed E-state index contributed by atoms with van der Waals surface area (Å²) in [6.45, 7) is 0. The molecule has 4 nitrogen and oxygen atoms in total. The van der Waals surface area contributed by atoms with E-state index >= 15 is 0 Å². The third kappa shape index (κ3) is 2.99. The molecule has 1 unspecified atom stereocenters. The lowest BCUT2D eigenvalue weighted by molar-refractivity contribution is 0.0600. The molecule has 1 atom stereocenters. The Balaban J connectivity index is 1.86. The van der Waals surface area contributed by atoms with E-state index in [9.17, 15) is 14.0 Å². The van der Waals surface area contributed by atoms with Crippen LogP contribution in [0.4, 0.5) is 4.39 Å². The van der Waals surface area contributed by atoms with Crippen molar-refractivity contribution >= 4 is 23.5 Å². The van der Waals surface area contributed by atoms with E-state index in [4.69, 9.17) is 16.3 Å². The highest BCUT2D eigenvalue weighted by Crippen LogP contribution is 2.32. The zero-order valence-corrected chi connectivity index (χ0v) is 13.7. The highest BCUT2D eigenvalue weighted by molar-refractivity contribution is 6.33. The first-order valence-electron chi connectivity index (χ1n) is 7.47. The van der Waals surface area contributed by atoms with Gasteiger partial charge in [0.05, 0.1) is 29.3 Å². The minimum absolute atomic E-state index is 0.0639. The maximum Gasteiger partial charge on any atom is 0.337 e. The third-order valence-corrected chi connectivity index (χ3v) is 4.45. The number of rotatable bonds is 3. The van der Waals surface area contributed by atoms with Crippen molar-refractivity contribution in [1.29, 1.82) is 0 Å². The van der Waals surface area contributed by atoms with E-state index in [1.165, 1.54) is 25.3 Å². The van der Waals surface area contributed by atoms with Gasteiger partial charge in [0.2, 0.25) is 0 Å². The molecule has 0 bridgehead atoms. The summed E-state index contributed by atoms with van der Waals surface area (Å²) in [7, 11) is 1.31. The number of benzene rings is 2. The smallest absolute Gasteiger partial charge is 0.337 e. The molecule has 1 N–H and O–H groups in total. The molecule has 2 aromatic rings. The molecule has 0 saturated carbocycles. The lowest BCUT2D eigenvalue weighted by atomic mass is 10.0. The van der Waals surface area contributed by atoms with Crippen molar-refractivity contribution < 1.29 is 18.7 Å². The van der Waals surface area contributed by atoms with E-state index in [2.05, 4.69) is 5.32 Å². The largest absolute Gasteiger partial charge is 0.465 e. The van der Waals surface area contributed by atoms with Crippen LogP contribution in [-0.4, -0.2) is 19.0 Å². The number of esters is 1. The summed E-state index contributed by atoms with van der Waals surface area (Å²) >= 11 is 5.93. The van der Waals surface area contributed by atoms with Crippen LogP contribution < -0.4 is 5.32 Å². The molecule has 2 aromatic carbocycles. The summed E-state index contributed by atoms with van der Waals surface area (Å²) in [6, 6.07) is 9.07. The first-order chi connectivity index (χ1) is 11.5. The van der Waals surface area contributed by atoms with E-state index in [0.717, 1.165) is 17.5 Å². The van der Waals surface area contributed by atoms with E-state index in [-0.39, 0.29) is 16.6 Å². The van der Waals surface area contributed by atoms with Gasteiger partial charge in [-0.2, -0.15) is 0 Å². The average Bonchev–Trinajstić information content (AvgIpc) is 2.96. The van der Waals surface area contributed by atoms with Gasteiger partial charge in [0.15, 0.2) is 0 Å². The summed E-state index contributed by atoms with van der Waals surface area (Å²) in [4.78, 5) is 24.1. The van der Waals surface area contributed by atoms with Gasteiger partial charge in [-0.15, -0.1) is 0 Å². The van der Waals surface area contributed by atoms with Crippen LogP contribution in [0.15, 0.2) is 36.4 Å². The van der Waals surface area contributed by atoms with Crippen molar-refractivity contribution in [3.05, 3.63) is 69.5 Å². The van der Waals surface area contributed by atoms with Crippen LogP contribution in [0.5, 0.6) is 0 Å². The van der Waals surface area contributed by atoms with Crippen molar-refractivity contribution in [3.8, 4) is 0 Å². The molecule has 3 rings (SSSR count). The van der Waals surface area contributed by atoms with Crippen molar-refractivity contribution in [2.45, 2.75) is 18.9 Å². The number of methoxy groups -OCH3 is 1. The van der Waals surface area contributed by atoms with Crippen molar-refractivity contribution in [1.82, 2.24) is 5.32 Å². The molecule has 24 heavy (non-hydrogen) atoms. The van der Waals surface area contributed by atoms with Crippen molar-refractivity contribution in [2.24, 2.45) is 0 Å². The number of carbonyl (C=O) groups is 2. The fourth-order valence-electron chi connectivity index (χ4n) is 2.94. The molecule has 0 radical (unpaired) electrons. The number of ether oxygens (including phenoxy) is 1. The second-order valence-electron chi connectivity index (χ2n) is 5.57. The maximum atomic E-state index is 13.9. The van der Waals surface area contributed by atoms with Gasteiger partial charge in [-0.25, -0.2) is 9.18 Å². The van der Waals surface area contributed by atoms with Crippen LogP contribution in [0.1, 0.15) is 44.3 Å². The molecular weight excluding hydrogens is 333 g/mol. The van der Waals surface area contributed by atoms with Gasteiger partial charge < -0.3 is 10.1 Å². The summed E-state index contributed by atoms with van der Waals surface area (Å²) in [5, 5.41) is 2.87. The van der Waals surface area contributed by atoms with E-state index in [1.807, 2.05) is 6.07 Å². The molecule has 124 valence electrons. The van der Waals surface area contributed by atoms with Gasteiger partial charge in [0.1, 0.15) is 5.82 Å². The molecule has 0 aliphatic heterocycles. The van der Waals surface area contributed by atoms with Crippen LogP contribution >= 0.6 is 11.6 Å². The maximum absolute atomic E-state index is 13.9. The Hall–Kier alpha value is -2.40. The second-order valence-corrected chi connectivity index (χ2v) is 5.97. The molecule has 1 aliphatic rings. The highest BCUT2D eigenvalue weighted by Gasteiger charge is 2.27. The van der Waals surface area contributed by atoms with Gasteiger partial charge in [-0.1, -0.05) is 23.7 Å². The monoisotopic (exact) mass is 347 g/mol. The minimum atomic E-state index is -0.665. The molecule has 0 aromatic heterocycles. The molecule has 1 amide bonds. The topological polar surface area (TPSA) is 55.4 Å². The lowest BCUT2D eigenvalue weighted by Crippen LogP contribution is -2.28. The number of amides is 1. The summed E-state index contributed by atoms with van der Waals surface area (Å²) < 4.78 is 18.6. The second kappa shape index (κ2) is 6.61. The first kappa shape index (κ1) is 16.5. The molecule has 6 heteroatoms. The number of aryl methyl sites for hydroxylation is 1. The fraction of sp³-hybridized carbons (Fsp3) is 0.222. The standard InChI is InChI=1S/C18H15ClFNO3/c1-24-18(23)11-6-5-10-7-8-15(12(10)9-11)21-17(22)16-13(19)3-2-4-14(16)20/h2-6,9,15H,7-8H2,1H3,(H,21,22). The Morgan fingerprint density at radius 3 is 2.79 bits per heavy atom. The predicted molar refractivity (Wildman–Crippen MR) is 87.7 cm³/mol. The molecule has 0 fully saturated rings. The number of hydrogen-bond acceptors (Lipinski definition) is 3. The molecule has 1 aliphatic carbocycles. The molecule has 0 saturated heterocycles. The van der Waals surface area contributed by atoms with Gasteiger partial charge in [0.25, 0.3) is 5.91 Å². The average molecular weight is 348 g/mol. The van der Waals surface area contributed by atoms with Crippen LogP contribution in [0.2, 0.25) is 5.02 Å². The number of fused-ring (bicyclic) bond motifs is 1. The lowest BCUT2D eigenvalue weighted by Gasteiger charge is -2.16. The van der Waals surface area contributed by atoms with Gasteiger partial charge in [0, 0.05) is 0 Å². The van der Waals surface area contributed by atoms with E-state index in [0.29, 0.717) is 12.0 Å². The zero-order chi connectivity index (χ0) is 17.3. The summed E-state index contributed by atoms with van der Waals surface area (Å²) in [5.74, 6) is -1.67. The number of carbonyl (C=O) groups excluding carboxylic acids is 2. The SMILES string of the molecule is COC(=O)c1ccc2c(c1)C(NC(=O)c1c(F)cccc1Cl)CC2. The van der Waals surface area contributed by atoms with Crippen molar-refractivity contribution in [3.63, 3.8) is 0 Å². The van der Waals surface area contributed by atoms with Gasteiger partial charge in [-0.3, -0.25) is 4.79 Å². The predicted octanol–water partition coefficient (Wildman–Crippen LogP) is 3.68. The Labute approximate surface area is 143 Å². The summed E-state index contributed by atoms with van der Waals surface area (Å²) in [6.07, 6.45) is 1.45. The van der Waals surface area contributed by atoms with Crippen LogP contribution in [0.25, 0.3) is 0 Å². The quantitative estimate of drug-likeness (QED) is 0.862. The fourth-order valence-corrected chi connectivity index (χ4v) is 3.19. The van der Waals surface area contributed by atoms with Crippen molar-refractivity contribution in [2.75, 3.05) is 7.11 Å². The van der Waals surface area contributed by atoms with Gasteiger partial charge in [-0.05, 0) is 48.2 Å². The summed E-state index contributed by atoms with van der Waals surface area (Å²) in [5.41, 5.74) is 2.14. The van der Waals surface area contributed by atoms with E-state index in [1.54, 1.807) is 12.1 Å². The number of hydrogen-bond donors (Lipinski definition) is 1. The molecule has 0 heterocycles. The van der Waals surface area contributed by atoms with E-state index < -0.39 is 17.7 Å². The Kier molecular flexibility index (Phi) is 4.53. The zero-order valence-electron chi connectivity index (χ0n) is 12.9. The number of halogens is 2. The Morgan fingerprint density at radius 2 is 2.08 bits per heavy atom. The Bertz CT molecular complexity index is 802. The normalized spacial score (nSPS) is 15.7.